The fourth-order valence-electron chi connectivity index (χ4n) is 2.53. The summed E-state index contributed by atoms with van der Waals surface area (Å²) < 4.78 is 12.7. The molecular formula is C14H12N7O4+. The first kappa shape index (κ1) is 15.0. The van der Waals surface area contributed by atoms with Gasteiger partial charge in [0.05, 0.1) is 18.2 Å². The van der Waals surface area contributed by atoms with Gasteiger partial charge >= 0.3 is 11.7 Å². The third-order valence-electron chi connectivity index (χ3n) is 3.65. The number of aliphatic carboxylic acids is 1. The van der Waals surface area contributed by atoms with Gasteiger partial charge in [-0.05, 0) is 0 Å². The first-order chi connectivity index (χ1) is 12.1. The molecule has 3 aromatic heterocycles. The maximum absolute atomic E-state index is 11.5. The van der Waals surface area contributed by atoms with Crippen LogP contribution >= 0.6 is 0 Å². The van der Waals surface area contributed by atoms with E-state index in [-0.39, 0.29) is 18.2 Å². The van der Waals surface area contributed by atoms with Crippen LogP contribution in [0.1, 0.15) is 11.9 Å². The smallest absolute Gasteiger partial charge is 0.338 e. The second-order valence-electron chi connectivity index (χ2n) is 5.19. The second-order valence-corrected chi connectivity index (χ2v) is 5.19. The Balaban J connectivity index is 1.91. The normalized spacial score (nSPS) is 14.5. The third-order valence-corrected chi connectivity index (χ3v) is 3.65. The molecule has 1 atom stereocenters. The van der Waals surface area contributed by atoms with Gasteiger partial charge in [-0.2, -0.15) is 19.6 Å². The van der Waals surface area contributed by atoms with E-state index in [0.717, 1.165) is 0 Å². The molecule has 0 saturated heterocycles. The van der Waals surface area contributed by atoms with Crippen molar-refractivity contribution in [2.45, 2.75) is 6.04 Å². The maximum atomic E-state index is 11.5. The van der Waals surface area contributed by atoms with Gasteiger partial charge in [-0.25, -0.2) is 9.48 Å². The number of nitrogens with zero attached hydrogens (tertiary/aromatic N) is 6. The monoisotopic (exact) mass is 342 g/mol. The molecule has 0 aromatic carbocycles. The van der Waals surface area contributed by atoms with Gasteiger partial charge < -0.3 is 15.6 Å². The zero-order chi connectivity index (χ0) is 17.6. The Morgan fingerprint density at radius 2 is 2.32 bits per heavy atom. The van der Waals surface area contributed by atoms with E-state index in [1.807, 2.05) is 0 Å². The van der Waals surface area contributed by atoms with Gasteiger partial charge in [-0.15, -0.1) is 5.10 Å². The van der Waals surface area contributed by atoms with Crippen LogP contribution in [0.2, 0.25) is 0 Å². The molecule has 0 spiro atoms. The average molecular weight is 342 g/mol. The zero-order valence-corrected chi connectivity index (χ0v) is 12.9. The number of allylic oxidation sites excluding steroid dienone is 2. The van der Waals surface area contributed by atoms with Crippen molar-refractivity contribution in [1.82, 2.24) is 29.4 Å². The molecule has 3 N–H and O–H groups in total. The quantitative estimate of drug-likeness (QED) is 0.613. The van der Waals surface area contributed by atoms with Gasteiger partial charge in [0.1, 0.15) is 6.08 Å². The standard InChI is InChI=1S/C14H11N7O4/c1-24-6-8(13(22)23)20-12-7(5-16-20)11-17-10(9-3-2-4-25-9)19-21(11)14(15)18-12/h2-3,5,8H,6H2,1H3,(H2-,15,16,17,18,19,22,23)/p+1. The Morgan fingerprint density at radius 1 is 1.48 bits per heavy atom. The summed E-state index contributed by atoms with van der Waals surface area (Å²) in [6.45, 7) is -0.0704. The predicted octanol–water partition coefficient (Wildman–Crippen LogP) is 0.0163. The molecule has 11 heteroatoms. The molecule has 0 bridgehead atoms. The Bertz CT molecular complexity index is 1050. The third kappa shape index (κ3) is 2.26. The van der Waals surface area contributed by atoms with Crippen molar-refractivity contribution < 1.29 is 19.4 Å². The number of anilines is 1. The molecule has 0 radical (unpaired) electrons. The minimum Gasteiger partial charge on any atom is -0.480 e. The van der Waals surface area contributed by atoms with Gasteiger partial charge in [0.15, 0.2) is 23.4 Å². The van der Waals surface area contributed by atoms with E-state index in [4.69, 9.17) is 15.2 Å². The van der Waals surface area contributed by atoms with Crippen LogP contribution in [0.4, 0.5) is 5.95 Å². The Morgan fingerprint density at radius 3 is 3.00 bits per heavy atom. The number of hydrogen-bond donors (Lipinski definition) is 2. The summed E-state index contributed by atoms with van der Waals surface area (Å²) in [4.78, 5) is 20.1. The molecule has 4 rings (SSSR count). The minimum absolute atomic E-state index is 0.0418. The molecule has 0 amide bonds. The van der Waals surface area contributed by atoms with E-state index >= 15 is 0 Å². The van der Waals surface area contributed by atoms with Crippen LogP contribution in [-0.4, -0.2) is 54.2 Å². The Hall–Kier alpha value is -3.56. The van der Waals surface area contributed by atoms with Crippen LogP contribution in [-0.2, 0) is 14.3 Å². The number of fused-ring (bicyclic) bond motifs is 3. The van der Waals surface area contributed by atoms with Crippen LogP contribution in [0.3, 0.4) is 0 Å². The van der Waals surface area contributed by atoms with E-state index < -0.39 is 12.0 Å². The predicted molar refractivity (Wildman–Crippen MR) is 83.9 cm³/mol. The fraction of sp³-hybridized carbons (Fsp3) is 0.214. The summed E-state index contributed by atoms with van der Waals surface area (Å²) >= 11 is 0. The van der Waals surface area contributed by atoms with E-state index in [2.05, 4.69) is 26.4 Å². The van der Waals surface area contributed by atoms with Crippen LogP contribution in [0.25, 0.3) is 22.4 Å². The van der Waals surface area contributed by atoms with Crippen molar-refractivity contribution in [2.75, 3.05) is 19.5 Å². The Labute approximate surface area is 140 Å². The molecule has 3 aromatic rings. The molecule has 1 aliphatic heterocycles. The highest BCUT2D eigenvalue weighted by Crippen LogP contribution is 2.25. The molecular weight excluding hydrogens is 330 g/mol. The summed E-state index contributed by atoms with van der Waals surface area (Å²) in [5, 5.41) is 18.3. The van der Waals surface area contributed by atoms with E-state index in [1.54, 1.807) is 12.2 Å². The van der Waals surface area contributed by atoms with Crippen LogP contribution in [0.5, 0.6) is 0 Å². The molecule has 11 nitrogen and oxygen atoms in total. The largest absolute Gasteiger partial charge is 0.480 e. The molecule has 1 aliphatic rings. The summed E-state index contributed by atoms with van der Waals surface area (Å²) in [6, 6.07) is -1.04. The lowest BCUT2D eigenvalue weighted by Gasteiger charge is -2.12. The number of carboxylic acid groups (broad SMARTS) is 1. The first-order valence-electron chi connectivity index (χ1n) is 7.17. The number of nitrogen functional groups attached to an aromatic ring is 1. The number of methoxy groups -OCH3 is 1. The van der Waals surface area contributed by atoms with Crippen LogP contribution in [0, 0.1) is 6.26 Å². The lowest BCUT2D eigenvalue weighted by molar-refractivity contribution is -0.142. The molecule has 4 heterocycles. The highest BCUT2D eigenvalue weighted by atomic mass is 16.5. The summed E-state index contributed by atoms with van der Waals surface area (Å²) in [7, 11) is 1.41. The van der Waals surface area contributed by atoms with Crippen molar-refractivity contribution >= 4 is 34.4 Å². The number of ether oxygens (including phenoxy) is 2. The number of carbonyl (C=O) groups is 1. The number of carboxylic acids is 1. The number of aromatic nitrogens is 6. The van der Waals surface area contributed by atoms with E-state index in [0.29, 0.717) is 22.6 Å². The lowest BCUT2D eigenvalue weighted by Crippen LogP contribution is -2.25. The average Bonchev–Trinajstić information content (AvgIpc) is 3.30. The molecule has 0 fully saturated rings. The van der Waals surface area contributed by atoms with E-state index in [9.17, 15) is 9.90 Å². The number of nitrogens with two attached hydrogens (primary N) is 1. The zero-order valence-electron chi connectivity index (χ0n) is 12.9. The fourth-order valence-corrected chi connectivity index (χ4v) is 2.53. The Kier molecular flexibility index (Phi) is 3.31. The second kappa shape index (κ2) is 5.51. The summed E-state index contributed by atoms with van der Waals surface area (Å²) in [5.41, 5.74) is 6.63. The topological polar surface area (TPSA) is 143 Å². The lowest BCUT2D eigenvalue weighted by atomic mass is 10.3. The van der Waals surface area contributed by atoms with Gasteiger partial charge in [0.25, 0.3) is 5.82 Å². The number of rotatable bonds is 5. The first-order valence-corrected chi connectivity index (χ1v) is 7.17. The van der Waals surface area contributed by atoms with Gasteiger partial charge in [-0.3, -0.25) is 4.74 Å². The molecule has 0 aliphatic carbocycles. The van der Waals surface area contributed by atoms with Gasteiger partial charge in [0.2, 0.25) is 12.2 Å². The summed E-state index contributed by atoms with van der Waals surface area (Å²) in [6.07, 6.45) is 7.29. The van der Waals surface area contributed by atoms with Crippen LogP contribution in [0.15, 0.2) is 18.3 Å². The highest BCUT2D eigenvalue weighted by Gasteiger charge is 2.27. The number of hydrogen-bond acceptors (Lipinski definition) is 8. The molecule has 0 saturated carbocycles. The van der Waals surface area contributed by atoms with Crippen molar-refractivity contribution in [3.63, 3.8) is 0 Å². The van der Waals surface area contributed by atoms with Gasteiger partial charge in [0, 0.05) is 7.11 Å². The van der Waals surface area contributed by atoms with Gasteiger partial charge in [-0.1, -0.05) is 0 Å². The SMILES string of the molecule is COCC(C(=O)O)n1ncc2c1nc(N)n1nc(C3=CC=[C+]O3)nc21. The summed E-state index contributed by atoms with van der Waals surface area (Å²) in [5.74, 6) is -0.325. The molecule has 25 heavy (non-hydrogen) atoms. The van der Waals surface area contributed by atoms with Crippen molar-refractivity contribution in [1.29, 1.82) is 0 Å². The van der Waals surface area contributed by atoms with E-state index in [1.165, 1.54) is 22.5 Å². The van der Waals surface area contributed by atoms with Crippen molar-refractivity contribution in [2.24, 2.45) is 0 Å². The van der Waals surface area contributed by atoms with Crippen molar-refractivity contribution in [3.8, 4) is 0 Å². The molecule has 1 unspecified atom stereocenters. The minimum atomic E-state index is -1.10. The molecule has 126 valence electrons. The maximum Gasteiger partial charge on any atom is 0.338 e. The van der Waals surface area contributed by atoms with Crippen molar-refractivity contribution in [3.05, 3.63) is 30.4 Å². The highest BCUT2D eigenvalue weighted by molar-refractivity contribution is 5.91. The van der Waals surface area contributed by atoms with Crippen LogP contribution < -0.4 is 5.73 Å².